The van der Waals surface area contributed by atoms with Gasteiger partial charge >= 0.3 is 0 Å². The molecule has 0 amide bonds. The molecule has 2 N–H and O–H groups in total. The fourth-order valence-electron chi connectivity index (χ4n) is 2.07. The first kappa shape index (κ1) is 11.6. The zero-order chi connectivity index (χ0) is 11.8. The highest BCUT2D eigenvalue weighted by molar-refractivity contribution is 5.17. The minimum atomic E-state index is 0.459. The zero-order valence-corrected chi connectivity index (χ0v) is 10.8. The summed E-state index contributed by atoms with van der Waals surface area (Å²) in [5.74, 6) is 2.52. The molecule has 90 valence electrons. The van der Waals surface area contributed by atoms with Crippen molar-refractivity contribution in [3.63, 3.8) is 0 Å². The summed E-state index contributed by atoms with van der Waals surface area (Å²) in [6.07, 6.45) is 3.23. The van der Waals surface area contributed by atoms with E-state index in [9.17, 15) is 0 Å². The van der Waals surface area contributed by atoms with Gasteiger partial charge in [-0.3, -0.25) is 0 Å². The molecule has 1 aliphatic carbocycles. The standard InChI is InChI=1S/C13H23N3/c1-9(2)6-14-7-10-8-15-12(16-10)11-5-13(11,3)4/h8-9,11,14H,5-7H2,1-4H3,(H,15,16). The number of hydrogen-bond donors (Lipinski definition) is 2. The molecule has 0 aromatic carbocycles. The molecular weight excluding hydrogens is 198 g/mol. The Hall–Kier alpha value is -0.830. The first-order valence-electron chi connectivity index (χ1n) is 6.23. The van der Waals surface area contributed by atoms with Gasteiger partial charge in [-0.25, -0.2) is 4.98 Å². The fourth-order valence-corrected chi connectivity index (χ4v) is 2.07. The normalized spacial score (nSPS) is 22.7. The molecule has 3 heteroatoms. The van der Waals surface area contributed by atoms with Crippen LogP contribution in [0.5, 0.6) is 0 Å². The number of imidazole rings is 1. The number of rotatable bonds is 5. The number of hydrogen-bond acceptors (Lipinski definition) is 2. The van der Waals surface area contributed by atoms with Crippen molar-refractivity contribution in [1.29, 1.82) is 0 Å². The van der Waals surface area contributed by atoms with Crippen molar-refractivity contribution >= 4 is 0 Å². The van der Waals surface area contributed by atoms with Gasteiger partial charge in [0.15, 0.2) is 0 Å². The summed E-state index contributed by atoms with van der Waals surface area (Å²) in [7, 11) is 0. The van der Waals surface area contributed by atoms with Crippen LogP contribution in [-0.2, 0) is 6.54 Å². The van der Waals surface area contributed by atoms with Gasteiger partial charge in [0.1, 0.15) is 5.82 Å². The molecule has 2 rings (SSSR count). The minimum Gasteiger partial charge on any atom is -0.345 e. The van der Waals surface area contributed by atoms with Crippen molar-refractivity contribution in [2.24, 2.45) is 11.3 Å². The maximum Gasteiger partial charge on any atom is 0.109 e. The second kappa shape index (κ2) is 4.21. The predicted molar refractivity (Wildman–Crippen MR) is 66.3 cm³/mol. The molecule has 1 fully saturated rings. The van der Waals surface area contributed by atoms with E-state index in [0.717, 1.165) is 13.1 Å². The monoisotopic (exact) mass is 221 g/mol. The highest BCUT2D eigenvalue weighted by atomic mass is 15.0. The maximum absolute atomic E-state index is 4.48. The molecule has 1 aromatic rings. The lowest BCUT2D eigenvalue weighted by molar-refractivity contribution is 0.548. The van der Waals surface area contributed by atoms with E-state index >= 15 is 0 Å². The van der Waals surface area contributed by atoms with Crippen LogP contribution in [0, 0.1) is 11.3 Å². The second-order valence-electron chi connectivity index (χ2n) is 6.06. The molecule has 3 nitrogen and oxygen atoms in total. The minimum absolute atomic E-state index is 0.459. The molecule has 0 aliphatic heterocycles. The van der Waals surface area contributed by atoms with E-state index in [4.69, 9.17) is 0 Å². The van der Waals surface area contributed by atoms with E-state index in [2.05, 4.69) is 43.0 Å². The van der Waals surface area contributed by atoms with Gasteiger partial charge < -0.3 is 10.3 Å². The first-order valence-corrected chi connectivity index (χ1v) is 6.23. The third-order valence-corrected chi connectivity index (χ3v) is 3.36. The van der Waals surface area contributed by atoms with Crippen molar-refractivity contribution in [1.82, 2.24) is 15.3 Å². The van der Waals surface area contributed by atoms with Gasteiger partial charge in [-0.2, -0.15) is 0 Å². The smallest absolute Gasteiger partial charge is 0.109 e. The van der Waals surface area contributed by atoms with E-state index in [-0.39, 0.29) is 0 Å². The van der Waals surface area contributed by atoms with Crippen LogP contribution in [0.25, 0.3) is 0 Å². The molecule has 1 unspecified atom stereocenters. The van der Waals surface area contributed by atoms with Gasteiger partial charge in [0.05, 0.1) is 0 Å². The van der Waals surface area contributed by atoms with Crippen LogP contribution in [0.1, 0.15) is 51.6 Å². The lowest BCUT2D eigenvalue weighted by Gasteiger charge is -2.05. The van der Waals surface area contributed by atoms with Crippen molar-refractivity contribution in [2.45, 2.75) is 46.6 Å². The number of H-pyrrole nitrogens is 1. The van der Waals surface area contributed by atoms with Gasteiger partial charge in [0.25, 0.3) is 0 Å². The van der Waals surface area contributed by atoms with Crippen molar-refractivity contribution in [3.8, 4) is 0 Å². The third kappa shape index (κ3) is 2.64. The highest BCUT2D eigenvalue weighted by Crippen LogP contribution is 2.57. The Morgan fingerprint density at radius 1 is 1.56 bits per heavy atom. The summed E-state index contributed by atoms with van der Waals surface area (Å²) >= 11 is 0. The molecule has 0 bridgehead atoms. The Balaban J connectivity index is 1.84. The zero-order valence-electron chi connectivity index (χ0n) is 10.8. The summed E-state index contributed by atoms with van der Waals surface area (Å²) < 4.78 is 0. The molecule has 1 saturated carbocycles. The Kier molecular flexibility index (Phi) is 3.06. The van der Waals surface area contributed by atoms with E-state index < -0.39 is 0 Å². The first-order chi connectivity index (χ1) is 7.49. The number of aromatic nitrogens is 2. The van der Waals surface area contributed by atoms with Gasteiger partial charge in [0.2, 0.25) is 0 Å². The summed E-state index contributed by atoms with van der Waals surface area (Å²) in [4.78, 5) is 7.91. The Bertz CT molecular complexity index is 352. The highest BCUT2D eigenvalue weighted by Gasteiger charge is 2.48. The lowest BCUT2D eigenvalue weighted by Crippen LogP contribution is -2.19. The van der Waals surface area contributed by atoms with Crippen molar-refractivity contribution < 1.29 is 0 Å². The van der Waals surface area contributed by atoms with E-state index in [1.54, 1.807) is 0 Å². The van der Waals surface area contributed by atoms with Gasteiger partial charge in [0, 0.05) is 24.4 Å². The Morgan fingerprint density at radius 2 is 2.25 bits per heavy atom. The lowest BCUT2D eigenvalue weighted by atomic mass is 10.1. The van der Waals surface area contributed by atoms with E-state index in [1.165, 1.54) is 17.9 Å². The summed E-state index contributed by atoms with van der Waals surface area (Å²) in [6, 6.07) is 0. The van der Waals surface area contributed by atoms with Gasteiger partial charge in [-0.05, 0) is 24.3 Å². The molecule has 0 spiro atoms. The molecule has 1 aliphatic rings. The maximum atomic E-state index is 4.48. The largest absolute Gasteiger partial charge is 0.345 e. The molecule has 0 saturated heterocycles. The van der Waals surface area contributed by atoms with E-state index in [0.29, 0.717) is 17.3 Å². The molecule has 1 atom stereocenters. The molecule has 1 heterocycles. The average Bonchev–Trinajstić information content (AvgIpc) is 2.60. The molecular formula is C13H23N3. The topological polar surface area (TPSA) is 40.7 Å². The van der Waals surface area contributed by atoms with Crippen LogP contribution in [0.15, 0.2) is 6.20 Å². The van der Waals surface area contributed by atoms with Crippen LogP contribution < -0.4 is 5.32 Å². The predicted octanol–water partition coefficient (Wildman–Crippen LogP) is 2.67. The van der Waals surface area contributed by atoms with Crippen LogP contribution in [0.4, 0.5) is 0 Å². The molecule has 16 heavy (non-hydrogen) atoms. The van der Waals surface area contributed by atoms with Crippen molar-refractivity contribution in [3.05, 3.63) is 17.7 Å². The Morgan fingerprint density at radius 3 is 2.81 bits per heavy atom. The van der Waals surface area contributed by atoms with Crippen LogP contribution >= 0.6 is 0 Å². The fraction of sp³-hybridized carbons (Fsp3) is 0.769. The third-order valence-electron chi connectivity index (χ3n) is 3.36. The summed E-state index contributed by atoms with van der Waals surface area (Å²) in [6.45, 7) is 11.0. The SMILES string of the molecule is CC(C)CNCc1cnc(C2CC2(C)C)[nH]1. The van der Waals surface area contributed by atoms with Gasteiger partial charge in [-0.15, -0.1) is 0 Å². The number of aromatic amines is 1. The van der Waals surface area contributed by atoms with Crippen LogP contribution in [-0.4, -0.2) is 16.5 Å². The average molecular weight is 221 g/mol. The second-order valence-corrected chi connectivity index (χ2v) is 6.06. The number of nitrogens with one attached hydrogen (secondary N) is 2. The Labute approximate surface area is 98.1 Å². The molecule has 0 radical (unpaired) electrons. The number of nitrogens with zero attached hydrogens (tertiary/aromatic N) is 1. The van der Waals surface area contributed by atoms with E-state index in [1.807, 2.05) is 6.20 Å². The van der Waals surface area contributed by atoms with Crippen LogP contribution in [0.2, 0.25) is 0 Å². The van der Waals surface area contributed by atoms with Gasteiger partial charge in [-0.1, -0.05) is 27.7 Å². The van der Waals surface area contributed by atoms with Crippen LogP contribution in [0.3, 0.4) is 0 Å². The van der Waals surface area contributed by atoms with Crippen molar-refractivity contribution in [2.75, 3.05) is 6.54 Å². The molecule has 1 aromatic heterocycles. The quantitative estimate of drug-likeness (QED) is 0.802. The summed E-state index contributed by atoms with van der Waals surface area (Å²) in [5.41, 5.74) is 1.67. The summed E-state index contributed by atoms with van der Waals surface area (Å²) in [5, 5.41) is 3.42.